The predicted molar refractivity (Wildman–Crippen MR) is 143 cm³/mol. The molecular formula is C30H33N3O3. The van der Waals surface area contributed by atoms with Gasteiger partial charge in [-0.15, -0.1) is 0 Å². The second kappa shape index (κ2) is 10.9. The number of pyridine rings is 1. The zero-order valence-corrected chi connectivity index (χ0v) is 21.0. The van der Waals surface area contributed by atoms with E-state index in [1.807, 2.05) is 19.2 Å². The number of carbonyl (C=O) groups is 1. The van der Waals surface area contributed by atoms with Crippen molar-refractivity contribution < 1.29 is 14.3 Å². The molecular weight excluding hydrogens is 450 g/mol. The Morgan fingerprint density at radius 2 is 1.97 bits per heavy atom. The van der Waals surface area contributed by atoms with Gasteiger partial charge in [-0.05, 0) is 68.1 Å². The summed E-state index contributed by atoms with van der Waals surface area (Å²) in [6.07, 6.45) is 5.33. The molecule has 0 aliphatic carbocycles. The predicted octanol–water partition coefficient (Wildman–Crippen LogP) is 5.87. The van der Waals surface area contributed by atoms with Crippen LogP contribution in [0.2, 0.25) is 0 Å². The van der Waals surface area contributed by atoms with E-state index < -0.39 is 0 Å². The van der Waals surface area contributed by atoms with Gasteiger partial charge in [0.2, 0.25) is 0 Å². The third-order valence-electron chi connectivity index (χ3n) is 6.73. The van der Waals surface area contributed by atoms with Crippen LogP contribution in [-0.2, 0) is 22.4 Å². The van der Waals surface area contributed by atoms with Crippen molar-refractivity contribution in [2.24, 2.45) is 0 Å². The summed E-state index contributed by atoms with van der Waals surface area (Å²) in [6, 6.07) is 20.7. The molecule has 0 amide bonds. The average Bonchev–Trinajstić information content (AvgIpc) is 3.31. The highest BCUT2D eigenvalue weighted by Crippen LogP contribution is 2.30. The number of aryl methyl sites for hydroxylation is 2. The van der Waals surface area contributed by atoms with Gasteiger partial charge in [-0.1, -0.05) is 35.9 Å². The lowest BCUT2D eigenvalue weighted by Gasteiger charge is -2.20. The zero-order valence-electron chi connectivity index (χ0n) is 21.0. The summed E-state index contributed by atoms with van der Waals surface area (Å²) in [6.45, 7) is 5.83. The molecule has 0 spiro atoms. The number of carbonyl (C=O) groups excluding carboxylic acids is 1. The van der Waals surface area contributed by atoms with Crippen molar-refractivity contribution in [3.8, 4) is 5.75 Å². The highest BCUT2D eigenvalue weighted by atomic mass is 16.5. The van der Waals surface area contributed by atoms with E-state index in [4.69, 9.17) is 14.5 Å². The number of hydrogen-bond acceptors (Lipinski definition) is 5. The summed E-state index contributed by atoms with van der Waals surface area (Å²) in [5.74, 6) is 1.65. The van der Waals surface area contributed by atoms with Crippen molar-refractivity contribution in [2.45, 2.75) is 45.6 Å². The zero-order chi connectivity index (χ0) is 24.9. The Balaban J connectivity index is 1.31. The van der Waals surface area contributed by atoms with Crippen LogP contribution < -0.4 is 10.1 Å². The number of anilines is 1. The van der Waals surface area contributed by atoms with E-state index in [-0.39, 0.29) is 18.4 Å². The molecule has 5 rings (SSSR count). The van der Waals surface area contributed by atoms with Crippen molar-refractivity contribution >= 4 is 22.7 Å². The van der Waals surface area contributed by atoms with Gasteiger partial charge in [0, 0.05) is 35.8 Å². The quantitative estimate of drug-likeness (QED) is 0.302. The Labute approximate surface area is 212 Å². The summed E-state index contributed by atoms with van der Waals surface area (Å²) in [4.78, 5) is 17.2. The molecule has 186 valence electrons. The summed E-state index contributed by atoms with van der Waals surface area (Å²) >= 11 is 0. The summed E-state index contributed by atoms with van der Waals surface area (Å²) < 4.78 is 13.5. The number of nitrogens with zero attached hydrogens (tertiary/aromatic N) is 2. The Morgan fingerprint density at radius 3 is 2.81 bits per heavy atom. The normalized spacial score (nSPS) is 13.6. The fraction of sp³-hybridized carbons (Fsp3) is 0.333. The monoisotopic (exact) mass is 483 g/mol. The molecule has 0 radical (unpaired) electrons. The number of nitrogens with one attached hydrogen (secondary N) is 1. The van der Waals surface area contributed by atoms with Crippen LogP contribution in [0, 0.1) is 6.92 Å². The van der Waals surface area contributed by atoms with Crippen molar-refractivity contribution in [1.82, 2.24) is 9.55 Å². The SMILES string of the molecule is CCOC(=O)CC(c1ccc(C)cc1)n1ccc2cc(OCCc3ccc4c(n3)NCCC4)ccc21. The summed E-state index contributed by atoms with van der Waals surface area (Å²) in [5.41, 5.74) is 5.66. The largest absolute Gasteiger partial charge is 0.493 e. The Kier molecular flexibility index (Phi) is 7.21. The first-order valence-electron chi connectivity index (χ1n) is 12.8. The molecule has 1 atom stereocenters. The van der Waals surface area contributed by atoms with E-state index in [1.165, 1.54) is 11.1 Å². The average molecular weight is 484 g/mol. The van der Waals surface area contributed by atoms with E-state index in [0.29, 0.717) is 13.2 Å². The maximum Gasteiger partial charge on any atom is 0.308 e. The Bertz CT molecular complexity index is 1340. The molecule has 1 aliphatic rings. The van der Waals surface area contributed by atoms with Gasteiger partial charge in [0.05, 0.1) is 25.7 Å². The molecule has 2 aromatic carbocycles. The lowest BCUT2D eigenvalue weighted by Crippen LogP contribution is -2.16. The third-order valence-corrected chi connectivity index (χ3v) is 6.73. The second-order valence-corrected chi connectivity index (χ2v) is 9.32. The second-order valence-electron chi connectivity index (χ2n) is 9.32. The van der Waals surface area contributed by atoms with Crippen molar-refractivity contribution in [1.29, 1.82) is 0 Å². The van der Waals surface area contributed by atoms with E-state index >= 15 is 0 Å². The van der Waals surface area contributed by atoms with Crippen LogP contribution in [0.3, 0.4) is 0 Å². The molecule has 0 bridgehead atoms. The van der Waals surface area contributed by atoms with Crippen molar-refractivity contribution in [2.75, 3.05) is 25.1 Å². The van der Waals surface area contributed by atoms with Gasteiger partial charge in [0.15, 0.2) is 0 Å². The summed E-state index contributed by atoms with van der Waals surface area (Å²) in [7, 11) is 0. The number of hydrogen-bond donors (Lipinski definition) is 1. The van der Waals surface area contributed by atoms with Crippen LogP contribution in [0.15, 0.2) is 66.9 Å². The third kappa shape index (κ3) is 5.38. The van der Waals surface area contributed by atoms with Crippen LogP contribution in [0.4, 0.5) is 5.82 Å². The molecule has 0 fully saturated rings. The molecule has 0 saturated carbocycles. The first-order valence-corrected chi connectivity index (χ1v) is 12.8. The van der Waals surface area contributed by atoms with E-state index in [0.717, 1.165) is 59.5 Å². The maximum atomic E-state index is 12.4. The lowest BCUT2D eigenvalue weighted by molar-refractivity contribution is -0.143. The summed E-state index contributed by atoms with van der Waals surface area (Å²) in [5, 5.41) is 4.47. The van der Waals surface area contributed by atoms with Gasteiger partial charge in [0.1, 0.15) is 11.6 Å². The first-order chi connectivity index (χ1) is 17.6. The number of fused-ring (bicyclic) bond motifs is 2. The van der Waals surface area contributed by atoms with Crippen LogP contribution in [0.5, 0.6) is 5.75 Å². The van der Waals surface area contributed by atoms with Gasteiger partial charge < -0.3 is 19.4 Å². The van der Waals surface area contributed by atoms with Crippen molar-refractivity contribution in [3.05, 3.63) is 89.2 Å². The van der Waals surface area contributed by atoms with E-state index in [1.54, 1.807) is 0 Å². The molecule has 1 unspecified atom stereocenters. The molecule has 6 nitrogen and oxygen atoms in total. The van der Waals surface area contributed by atoms with Crippen molar-refractivity contribution in [3.63, 3.8) is 0 Å². The lowest BCUT2D eigenvalue weighted by atomic mass is 10.0. The minimum atomic E-state index is -0.198. The molecule has 4 aromatic rings. The molecule has 2 aromatic heterocycles. The minimum Gasteiger partial charge on any atom is -0.493 e. The molecule has 1 aliphatic heterocycles. The molecule has 6 heteroatoms. The molecule has 1 N–H and O–H groups in total. The van der Waals surface area contributed by atoms with Crippen LogP contribution in [0.25, 0.3) is 10.9 Å². The fourth-order valence-electron chi connectivity index (χ4n) is 4.83. The van der Waals surface area contributed by atoms with Gasteiger partial charge in [-0.2, -0.15) is 0 Å². The van der Waals surface area contributed by atoms with Gasteiger partial charge in [-0.25, -0.2) is 4.98 Å². The maximum absolute atomic E-state index is 12.4. The molecule has 3 heterocycles. The van der Waals surface area contributed by atoms with Gasteiger partial charge in [-0.3, -0.25) is 4.79 Å². The highest BCUT2D eigenvalue weighted by molar-refractivity contribution is 5.82. The van der Waals surface area contributed by atoms with Crippen LogP contribution in [0.1, 0.15) is 48.2 Å². The first kappa shape index (κ1) is 23.9. The van der Waals surface area contributed by atoms with Crippen LogP contribution in [-0.4, -0.2) is 35.3 Å². The number of ether oxygens (including phenoxy) is 2. The molecule has 0 saturated heterocycles. The van der Waals surface area contributed by atoms with E-state index in [2.05, 4.69) is 71.4 Å². The number of esters is 1. The highest BCUT2D eigenvalue weighted by Gasteiger charge is 2.20. The Hall–Kier alpha value is -3.80. The fourth-order valence-corrected chi connectivity index (χ4v) is 4.83. The standard InChI is InChI=1S/C30H33N3O3/c1-3-35-29(34)20-28(22-8-6-21(2)7-9-22)33-17-14-24-19-26(12-13-27(24)33)36-18-15-25-11-10-23-5-4-16-31-30(23)32-25/h6-14,17,19,28H,3-5,15-16,18,20H2,1-2H3,(H,31,32). The topological polar surface area (TPSA) is 65.4 Å². The van der Waals surface area contributed by atoms with Gasteiger partial charge in [0.25, 0.3) is 0 Å². The minimum absolute atomic E-state index is 0.141. The Morgan fingerprint density at radius 1 is 1.11 bits per heavy atom. The number of rotatable bonds is 9. The van der Waals surface area contributed by atoms with Gasteiger partial charge >= 0.3 is 5.97 Å². The number of aromatic nitrogens is 2. The smallest absolute Gasteiger partial charge is 0.308 e. The molecule has 36 heavy (non-hydrogen) atoms. The van der Waals surface area contributed by atoms with Crippen LogP contribution >= 0.6 is 0 Å². The number of benzene rings is 2. The van der Waals surface area contributed by atoms with E-state index in [9.17, 15) is 4.79 Å².